The fraction of sp³-hybridized carbons (Fsp3) is 0.357. The second-order valence-electron chi connectivity index (χ2n) is 9.31. The highest BCUT2D eigenvalue weighted by Gasteiger charge is 2.35. The number of hydrogen-bond donors (Lipinski definition) is 0. The molecule has 2 aliphatic rings. The molecule has 3 aromatic rings. The van der Waals surface area contributed by atoms with Crippen molar-refractivity contribution in [3.05, 3.63) is 71.8 Å². The first kappa shape index (κ1) is 25.2. The number of para-hydroxylation sites is 1. The Morgan fingerprint density at radius 1 is 0.946 bits per heavy atom. The summed E-state index contributed by atoms with van der Waals surface area (Å²) < 4.78 is 51.6. The van der Waals surface area contributed by atoms with Crippen LogP contribution in [0.25, 0.3) is 0 Å². The predicted molar refractivity (Wildman–Crippen MR) is 141 cm³/mol. The maximum Gasteiger partial charge on any atom is 0.264 e. The molecule has 1 fully saturated rings. The number of ether oxygens (including phenoxy) is 4. The molecule has 8 nitrogen and oxygen atoms in total. The highest BCUT2D eigenvalue weighted by molar-refractivity contribution is 7.92. The number of benzene rings is 3. The minimum absolute atomic E-state index is 0.135. The lowest BCUT2D eigenvalue weighted by atomic mass is 10.0. The van der Waals surface area contributed by atoms with E-state index in [2.05, 4.69) is 4.90 Å². The lowest BCUT2D eigenvalue weighted by Crippen LogP contribution is -2.47. The van der Waals surface area contributed by atoms with Crippen molar-refractivity contribution in [2.24, 2.45) is 0 Å². The number of piperidine rings is 1. The number of methoxy groups -OCH3 is 2. The number of rotatable bonds is 8. The molecular formula is C28H32N2O6S. The average molecular weight is 525 g/mol. The summed E-state index contributed by atoms with van der Waals surface area (Å²) in [7, 11) is -0.525. The first-order valence-electron chi connectivity index (χ1n) is 12.3. The van der Waals surface area contributed by atoms with E-state index >= 15 is 0 Å². The standard InChI is InChI=1S/C28H32N2O6S/c1-20-7-10-24(11-8-20)37(31,32)30(23-9-12-25-27(17-23)36-19-35-25)22-13-15-29(16-14-22)18-21-5-4-6-26(33-2)28(21)34-3/h4-12,17,22H,13-16,18-19H2,1-3H3. The SMILES string of the molecule is COc1cccc(CN2CCC(N(c3ccc4c(c3)OCO4)S(=O)(=O)c3ccc(C)cc3)CC2)c1OC. The summed E-state index contributed by atoms with van der Waals surface area (Å²) in [4.78, 5) is 2.60. The molecule has 5 rings (SSSR count). The fourth-order valence-corrected chi connectivity index (χ4v) is 6.72. The van der Waals surface area contributed by atoms with Gasteiger partial charge in [-0.2, -0.15) is 0 Å². The van der Waals surface area contributed by atoms with E-state index < -0.39 is 10.0 Å². The van der Waals surface area contributed by atoms with Crippen molar-refractivity contribution in [1.82, 2.24) is 4.90 Å². The second-order valence-corrected chi connectivity index (χ2v) is 11.1. The van der Waals surface area contributed by atoms with Gasteiger partial charge in [-0.25, -0.2) is 8.42 Å². The lowest BCUT2D eigenvalue weighted by molar-refractivity contribution is 0.174. The van der Waals surface area contributed by atoms with Crippen LogP contribution in [0.5, 0.6) is 23.0 Å². The van der Waals surface area contributed by atoms with Crippen LogP contribution in [0.4, 0.5) is 5.69 Å². The molecule has 0 radical (unpaired) electrons. The van der Waals surface area contributed by atoms with Crippen LogP contribution in [0, 0.1) is 6.92 Å². The van der Waals surface area contributed by atoms with E-state index in [1.807, 2.05) is 37.3 Å². The van der Waals surface area contributed by atoms with Gasteiger partial charge in [-0.05, 0) is 50.1 Å². The molecule has 0 unspecified atom stereocenters. The Balaban J connectivity index is 1.40. The van der Waals surface area contributed by atoms with Gasteiger partial charge in [-0.3, -0.25) is 9.21 Å². The van der Waals surface area contributed by atoms with Crippen molar-refractivity contribution in [3.8, 4) is 23.0 Å². The van der Waals surface area contributed by atoms with Gasteiger partial charge in [-0.1, -0.05) is 29.8 Å². The van der Waals surface area contributed by atoms with Gasteiger partial charge in [0.15, 0.2) is 23.0 Å². The van der Waals surface area contributed by atoms with Crippen molar-refractivity contribution in [2.45, 2.75) is 37.2 Å². The smallest absolute Gasteiger partial charge is 0.264 e. The third-order valence-corrected chi connectivity index (χ3v) is 8.85. The van der Waals surface area contributed by atoms with Gasteiger partial charge < -0.3 is 18.9 Å². The Bertz CT molecular complexity index is 1350. The Morgan fingerprint density at radius 2 is 1.68 bits per heavy atom. The molecule has 0 atom stereocenters. The summed E-state index contributed by atoms with van der Waals surface area (Å²) in [6.07, 6.45) is 1.37. The number of sulfonamides is 1. The van der Waals surface area contributed by atoms with Crippen molar-refractivity contribution in [1.29, 1.82) is 0 Å². The zero-order valence-corrected chi connectivity index (χ0v) is 22.2. The topological polar surface area (TPSA) is 77.5 Å². The maximum absolute atomic E-state index is 14.0. The maximum atomic E-state index is 14.0. The number of aryl methyl sites for hydroxylation is 1. The monoisotopic (exact) mass is 524 g/mol. The summed E-state index contributed by atoms with van der Waals surface area (Å²) in [6, 6.07) is 18.0. The number of anilines is 1. The number of fused-ring (bicyclic) bond motifs is 1. The molecule has 9 heteroatoms. The van der Waals surface area contributed by atoms with Gasteiger partial charge in [-0.15, -0.1) is 0 Å². The molecule has 2 aliphatic heterocycles. The van der Waals surface area contributed by atoms with Crippen molar-refractivity contribution < 1.29 is 27.4 Å². The minimum Gasteiger partial charge on any atom is -0.493 e. The Labute approximate surface area is 218 Å². The van der Waals surface area contributed by atoms with Gasteiger partial charge in [0, 0.05) is 37.3 Å². The van der Waals surface area contributed by atoms with E-state index in [1.54, 1.807) is 48.9 Å². The average Bonchev–Trinajstić information content (AvgIpc) is 3.38. The third kappa shape index (κ3) is 5.06. The molecule has 0 saturated carbocycles. The molecule has 0 amide bonds. The van der Waals surface area contributed by atoms with Crippen LogP contribution in [0.15, 0.2) is 65.6 Å². The van der Waals surface area contributed by atoms with Gasteiger partial charge in [0.1, 0.15) is 0 Å². The molecule has 3 aromatic carbocycles. The van der Waals surface area contributed by atoms with Crippen molar-refractivity contribution >= 4 is 15.7 Å². The Kier molecular flexibility index (Phi) is 7.17. The molecule has 0 spiro atoms. The first-order valence-corrected chi connectivity index (χ1v) is 13.8. The second kappa shape index (κ2) is 10.5. The van der Waals surface area contributed by atoms with Gasteiger partial charge in [0.25, 0.3) is 10.0 Å². The Hall–Kier alpha value is -3.43. The molecule has 0 N–H and O–H groups in total. The highest BCUT2D eigenvalue weighted by Crippen LogP contribution is 2.39. The van der Waals surface area contributed by atoms with E-state index in [0.717, 1.165) is 30.0 Å². The van der Waals surface area contributed by atoms with Gasteiger partial charge in [0.2, 0.25) is 6.79 Å². The quantitative estimate of drug-likeness (QED) is 0.426. The number of likely N-dealkylation sites (tertiary alicyclic amines) is 1. The molecule has 2 heterocycles. The van der Waals surface area contributed by atoms with Crippen LogP contribution < -0.4 is 23.3 Å². The van der Waals surface area contributed by atoms with E-state index in [0.29, 0.717) is 42.3 Å². The summed E-state index contributed by atoms with van der Waals surface area (Å²) in [5, 5.41) is 0. The fourth-order valence-electron chi connectivity index (χ4n) is 5.02. The van der Waals surface area contributed by atoms with Crippen LogP contribution in [-0.2, 0) is 16.6 Å². The summed E-state index contributed by atoms with van der Waals surface area (Å²) >= 11 is 0. The van der Waals surface area contributed by atoms with E-state index in [9.17, 15) is 8.42 Å². The zero-order valence-electron chi connectivity index (χ0n) is 21.3. The van der Waals surface area contributed by atoms with Crippen molar-refractivity contribution in [2.75, 3.05) is 38.4 Å². The van der Waals surface area contributed by atoms with Crippen molar-refractivity contribution in [3.63, 3.8) is 0 Å². The van der Waals surface area contributed by atoms with Crippen LogP contribution in [-0.4, -0.2) is 53.5 Å². The Morgan fingerprint density at radius 3 is 2.38 bits per heavy atom. The lowest BCUT2D eigenvalue weighted by Gasteiger charge is -2.39. The minimum atomic E-state index is -3.80. The largest absolute Gasteiger partial charge is 0.493 e. The summed E-state index contributed by atoms with van der Waals surface area (Å²) in [5.41, 5.74) is 2.63. The van der Waals surface area contributed by atoms with E-state index in [4.69, 9.17) is 18.9 Å². The van der Waals surface area contributed by atoms with Crippen LogP contribution in [0.1, 0.15) is 24.0 Å². The molecule has 0 aromatic heterocycles. The van der Waals surface area contributed by atoms with Crippen LogP contribution in [0.3, 0.4) is 0 Å². The summed E-state index contributed by atoms with van der Waals surface area (Å²) in [6.45, 7) is 4.27. The first-order chi connectivity index (χ1) is 17.9. The normalized spacial score (nSPS) is 16.0. The van der Waals surface area contributed by atoms with Gasteiger partial charge in [0.05, 0.1) is 24.8 Å². The molecule has 37 heavy (non-hydrogen) atoms. The molecule has 0 aliphatic carbocycles. The number of nitrogens with zero attached hydrogens (tertiary/aromatic N) is 2. The van der Waals surface area contributed by atoms with E-state index in [-0.39, 0.29) is 17.7 Å². The number of hydrogen-bond acceptors (Lipinski definition) is 7. The summed E-state index contributed by atoms with van der Waals surface area (Å²) in [5.74, 6) is 2.62. The van der Waals surface area contributed by atoms with E-state index in [1.165, 1.54) is 0 Å². The molecular weight excluding hydrogens is 492 g/mol. The van der Waals surface area contributed by atoms with Gasteiger partial charge >= 0.3 is 0 Å². The van der Waals surface area contributed by atoms with Crippen LogP contribution in [0.2, 0.25) is 0 Å². The molecule has 1 saturated heterocycles. The zero-order chi connectivity index (χ0) is 26.0. The third-order valence-electron chi connectivity index (χ3n) is 6.96. The molecule has 0 bridgehead atoms. The predicted octanol–water partition coefficient (Wildman–Crippen LogP) is 4.60. The highest BCUT2D eigenvalue weighted by atomic mass is 32.2. The molecule has 196 valence electrons. The van der Waals surface area contributed by atoms with Crippen LogP contribution >= 0.6 is 0 Å².